The molecule has 2 aromatic rings. The van der Waals surface area contributed by atoms with Gasteiger partial charge in [-0.25, -0.2) is 4.98 Å². The van der Waals surface area contributed by atoms with Crippen LogP contribution >= 0.6 is 0 Å². The minimum atomic E-state index is -0.277. The van der Waals surface area contributed by atoms with Crippen molar-refractivity contribution in [3.63, 3.8) is 0 Å². The highest BCUT2D eigenvalue weighted by Gasteiger charge is 2.13. The Morgan fingerprint density at radius 2 is 1.86 bits per heavy atom. The molecule has 4 nitrogen and oxygen atoms in total. The van der Waals surface area contributed by atoms with E-state index in [1.165, 1.54) is 0 Å². The third-order valence-electron chi connectivity index (χ3n) is 3.37. The average molecular weight is 296 g/mol. The molecule has 4 heteroatoms. The number of hydrogen-bond donors (Lipinski definition) is 1. The maximum absolute atomic E-state index is 12.2. The Kier molecular flexibility index (Phi) is 5.42. The van der Waals surface area contributed by atoms with E-state index in [0.29, 0.717) is 18.4 Å². The number of carbonyl (C=O) groups excluding carboxylic acids is 2. The lowest BCUT2D eigenvalue weighted by Crippen LogP contribution is -2.20. The Hall–Kier alpha value is -2.49. The van der Waals surface area contributed by atoms with Crippen LogP contribution in [0.1, 0.15) is 51.9 Å². The summed E-state index contributed by atoms with van der Waals surface area (Å²) in [5, 5.41) is 2.56. The van der Waals surface area contributed by atoms with Gasteiger partial charge in [0, 0.05) is 31.1 Å². The summed E-state index contributed by atoms with van der Waals surface area (Å²) in [7, 11) is 1.56. The van der Waals surface area contributed by atoms with Crippen molar-refractivity contribution in [1.29, 1.82) is 0 Å². The molecule has 0 aliphatic heterocycles. The molecule has 0 unspecified atom stereocenters. The van der Waals surface area contributed by atoms with E-state index in [9.17, 15) is 9.59 Å². The van der Waals surface area contributed by atoms with Crippen molar-refractivity contribution >= 4 is 11.7 Å². The molecule has 1 aromatic heterocycles. The molecule has 2 rings (SSSR count). The Morgan fingerprint density at radius 1 is 1.14 bits per heavy atom. The standard InChI is InChI=1S/C18H20N2O2/c1-3-7-17(21)14-11-15(10-13-8-5-4-6-9-13)20-16(12-14)18(22)19-2/h4-6,8-9,11-12H,3,7,10H2,1-2H3,(H,19,22). The number of pyridine rings is 1. The highest BCUT2D eigenvalue weighted by molar-refractivity contribution is 5.99. The molecule has 0 saturated carbocycles. The maximum atomic E-state index is 12.2. The predicted molar refractivity (Wildman–Crippen MR) is 86.1 cm³/mol. The summed E-state index contributed by atoms with van der Waals surface area (Å²) >= 11 is 0. The minimum absolute atomic E-state index is 0.0457. The molecule has 22 heavy (non-hydrogen) atoms. The van der Waals surface area contributed by atoms with E-state index in [2.05, 4.69) is 10.3 Å². The fourth-order valence-corrected chi connectivity index (χ4v) is 2.26. The lowest BCUT2D eigenvalue weighted by atomic mass is 10.0. The second-order valence-electron chi connectivity index (χ2n) is 5.15. The second-order valence-corrected chi connectivity index (χ2v) is 5.15. The van der Waals surface area contributed by atoms with Gasteiger partial charge in [0.2, 0.25) is 0 Å². The van der Waals surface area contributed by atoms with Gasteiger partial charge >= 0.3 is 0 Å². The zero-order valence-electron chi connectivity index (χ0n) is 12.9. The average Bonchev–Trinajstić information content (AvgIpc) is 2.55. The molecule has 0 aliphatic rings. The number of rotatable bonds is 6. The molecule has 1 amide bonds. The number of ketones is 1. The molecule has 0 aliphatic carbocycles. The second kappa shape index (κ2) is 7.50. The van der Waals surface area contributed by atoms with Gasteiger partial charge in [-0.2, -0.15) is 0 Å². The fourth-order valence-electron chi connectivity index (χ4n) is 2.26. The van der Waals surface area contributed by atoms with Crippen molar-refractivity contribution in [3.8, 4) is 0 Å². The smallest absolute Gasteiger partial charge is 0.269 e. The van der Waals surface area contributed by atoms with Gasteiger partial charge in [-0.3, -0.25) is 9.59 Å². The van der Waals surface area contributed by atoms with E-state index in [1.807, 2.05) is 37.3 Å². The van der Waals surface area contributed by atoms with Crippen LogP contribution in [-0.4, -0.2) is 23.7 Å². The van der Waals surface area contributed by atoms with Crippen LogP contribution in [0.2, 0.25) is 0 Å². The van der Waals surface area contributed by atoms with E-state index < -0.39 is 0 Å². The van der Waals surface area contributed by atoms with Crippen molar-refractivity contribution in [1.82, 2.24) is 10.3 Å². The zero-order valence-corrected chi connectivity index (χ0v) is 12.9. The van der Waals surface area contributed by atoms with Gasteiger partial charge < -0.3 is 5.32 Å². The van der Waals surface area contributed by atoms with Crippen LogP contribution in [0.4, 0.5) is 0 Å². The lowest BCUT2D eigenvalue weighted by molar-refractivity contribution is 0.0958. The molecular formula is C18H20N2O2. The zero-order chi connectivity index (χ0) is 15.9. The number of aromatic nitrogens is 1. The van der Waals surface area contributed by atoms with Crippen LogP contribution in [-0.2, 0) is 6.42 Å². The van der Waals surface area contributed by atoms with Crippen LogP contribution in [0.5, 0.6) is 0 Å². The molecule has 0 atom stereocenters. The summed E-state index contributed by atoms with van der Waals surface area (Å²) in [6.45, 7) is 1.96. The Labute approximate surface area is 130 Å². The topological polar surface area (TPSA) is 59.1 Å². The van der Waals surface area contributed by atoms with Crippen molar-refractivity contribution in [2.24, 2.45) is 0 Å². The molecule has 0 radical (unpaired) electrons. The quantitative estimate of drug-likeness (QED) is 0.834. The van der Waals surface area contributed by atoms with Crippen molar-refractivity contribution in [2.45, 2.75) is 26.2 Å². The normalized spacial score (nSPS) is 10.3. The number of benzene rings is 1. The van der Waals surface area contributed by atoms with Crippen LogP contribution in [0.15, 0.2) is 42.5 Å². The van der Waals surface area contributed by atoms with Gasteiger partial charge in [0.1, 0.15) is 5.69 Å². The number of nitrogens with zero attached hydrogens (tertiary/aromatic N) is 1. The summed E-state index contributed by atoms with van der Waals surface area (Å²) in [6, 6.07) is 13.2. The summed E-state index contributed by atoms with van der Waals surface area (Å²) < 4.78 is 0. The van der Waals surface area contributed by atoms with Crippen molar-refractivity contribution in [2.75, 3.05) is 7.05 Å². The number of Topliss-reactive ketones (excluding diaryl/α,β-unsaturated/α-hetero) is 1. The number of carbonyl (C=O) groups is 2. The summed E-state index contributed by atoms with van der Waals surface area (Å²) in [5.74, 6) is -0.232. The van der Waals surface area contributed by atoms with Crippen molar-refractivity contribution < 1.29 is 9.59 Å². The van der Waals surface area contributed by atoms with Crippen LogP contribution in [0.25, 0.3) is 0 Å². The predicted octanol–water partition coefficient (Wildman–Crippen LogP) is 3.01. The largest absolute Gasteiger partial charge is 0.354 e. The van der Waals surface area contributed by atoms with Gasteiger partial charge in [0.05, 0.1) is 0 Å². The molecule has 0 saturated heterocycles. The first kappa shape index (κ1) is 15.9. The van der Waals surface area contributed by atoms with Crippen LogP contribution in [0, 0.1) is 0 Å². The van der Waals surface area contributed by atoms with Crippen molar-refractivity contribution in [3.05, 3.63) is 65.0 Å². The summed E-state index contributed by atoms with van der Waals surface area (Å²) in [6.07, 6.45) is 1.85. The van der Waals surface area contributed by atoms with Gasteiger partial charge in [-0.15, -0.1) is 0 Å². The molecular weight excluding hydrogens is 276 g/mol. The minimum Gasteiger partial charge on any atom is -0.354 e. The fraction of sp³-hybridized carbons (Fsp3) is 0.278. The molecule has 1 aromatic carbocycles. The molecule has 0 spiro atoms. The summed E-state index contributed by atoms with van der Waals surface area (Å²) in [5.41, 5.74) is 2.67. The molecule has 114 valence electrons. The van der Waals surface area contributed by atoms with Crippen LogP contribution < -0.4 is 5.32 Å². The SMILES string of the molecule is CCCC(=O)c1cc(Cc2ccccc2)nc(C(=O)NC)c1. The first-order valence-electron chi connectivity index (χ1n) is 7.44. The number of amides is 1. The van der Waals surface area contributed by atoms with Gasteiger partial charge in [0.25, 0.3) is 5.91 Å². The molecule has 0 fully saturated rings. The first-order chi connectivity index (χ1) is 10.6. The highest BCUT2D eigenvalue weighted by Crippen LogP contribution is 2.14. The van der Waals surface area contributed by atoms with E-state index in [-0.39, 0.29) is 17.4 Å². The number of nitrogens with one attached hydrogen (secondary N) is 1. The van der Waals surface area contributed by atoms with Gasteiger partial charge in [0.15, 0.2) is 5.78 Å². The van der Waals surface area contributed by atoms with E-state index in [1.54, 1.807) is 19.2 Å². The molecule has 0 bridgehead atoms. The lowest BCUT2D eigenvalue weighted by Gasteiger charge is -2.08. The Balaban J connectivity index is 2.37. The van der Waals surface area contributed by atoms with E-state index in [4.69, 9.17) is 0 Å². The van der Waals surface area contributed by atoms with Crippen LogP contribution in [0.3, 0.4) is 0 Å². The Bertz CT molecular complexity index is 666. The summed E-state index contributed by atoms with van der Waals surface area (Å²) in [4.78, 5) is 28.4. The van der Waals surface area contributed by atoms with Gasteiger partial charge in [-0.1, -0.05) is 37.3 Å². The third-order valence-corrected chi connectivity index (χ3v) is 3.37. The first-order valence-corrected chi connectivity index (χ1v) is 7.44. The van der Waals surface area contributed by atoms with Gasteiger partial charge in [-0.05, 0) is 24.1 Å². The number of hydrogen-bond acceptors (Lipinski definition) is 3. The molecule has 1 N–H and O–H groups in total. The monoisotopic (exact) mass is 296 g/mol. The van der Waals surface area contributed by atoms with E-state index in [0.717, 1.165) is 17.7 Å². The van der Waals surface area contributed by atoms with E-state index >= 15 is 0 Å². The highest BCUT2D eigenvalue weighted by atomic mass is 16.1. The third kappa shape index (κ3) is 4.01. The maximum Gasteiger partial charge on any atom is 0.269 e. The molecule has 1 heterocycles. The Morgan fingerprint density at radius 3 is 2.50 bits per heavy atom.